The van der Waals surface area contributed by atoms with Gasteiger partial charge in [0.1, 0.15) is 6.04 Å². The lowest BCUT2D eigenvalue weighted by atomic mass is 9.97. The quantitative estimate of drug-likeness (QED) is 0.854. The Bertz CT molecular complexity index is 519. The Morgan fingerprint density at radius 1 is 1.30 bits per heavy atom. The first-order chi connectivity index (χ1) is 9.65. The van der Waals surface area contributed by atoms with Crippen LogP contribution >= 0.6 is 0 Å². The maximum absolute atomic E-state index is 12.5. The Morgan fingerprint density at radius 3 is 2.85 bits per heavy atom. The molecule has 5 heteroatoms. The van der Waals surface area contributed by atoms with Gasteiger partial charge in [0.25, 0.3) is 0 Å². The van der Waals surface area contributed by atoms with Crippen molar-refractivity contribution in [3.8, 4) is 0 Å². The number of anilines is 1. The number of rotatable bonds is 2. The average molecular weight is 274 g/mol. The average Bonchev–Trinajstić information content (AvgIpc) is 2.90. The number of carboxylic acid groups (broad SMARTS) is 1. The van der Waals surface area contributed by atoms with Crippen molar-refractivity contribution in [2.45, 2.75) is 25.3 Å². The largest absolute Gasteiger partial charge is 0.481 e. The molecule has 1 amide bonds. The van der Waals surface area contributed by atoms with Crippen molar-refractivity contribution in [3.05, 3.63) is 29.8 Å². The maximum atomic E-state index is 12.5. The van der Waals surface area contributed by atoms with Gasteiger partial charge in [0, 0.05) is 25.2 Å². The lowest BCUT2D eigenvalue weighted by molar-refractivity contribution is -0.145. The highest BCUT2D eigenvalue weighted by Crippen LogP contribution is 2.27. The molecule has 2 aliphatic rings. The summed E-state index contributed by atoms with van der Waals surface area (Å²) >= 11 is 0. The number of hydrogen-bond acceptors (Lipinski definition) is 3. The fraction of sp³-hybridized carbons (Fsp3) is 0.467. The molecule has 0 spiro atoms. The summed E-state index contributed by atoms with van der Waals surface area (Å²) in [4.78, 5) is 25.3. The third kappa shape index (κ3) is 2.35. The summed E-state index contributed by atoms with van der Waals surface area (Å²) in [7, 11) is 0. The molecule has 2 aliphatic heterocycles. The Kier molecular flexibility index (Phi) is 3.34. The molecule has 2 atom stereocenters. The molecule has 0 bridgehead atoms. The van der Waals surface area contributed by atoms with E-state index in [4.69, 9.17) is 5.11 Å². The van der Waals surface area contributed by atoms with Gasteiger partial charge in [0.15, 0.2) is 0 Å². The van der Waals surface area contributed by atoms with Crippen LogP contribution in [0.25, 0.3) is 0 Å². The monoisotopic (exact) mass is 274 g/mol. The molecular formula is C15H18N2O3. The molecule has 2 N–H and O–H groups in total. The number of carbonyl (C=O) groups is 2. The molecule has 1 fully saturated rings. The van der Waals surface area contributed by atoms with Gasteiger partial charge >= 0.3 is 5.97 Å². The van der Waals surface area contributed by atoms with Crippen molar-refractivity contribution >= 4 is 17.6 Å². The fourth-order valence-electron chi connectivity index (χ4n) is 3.05. The van der Waals surface area contributed by atoms with Crippen LogP contribution in [0.15, 0.2) is 24.3 Å². The number of fused-ring (bicyclic) bond motifs is 1. The number of carbonyl (C=O) groups excluding carboxylic acids is 1. The maximum Gasteiger partial charge on any atom is 0.308 e. The van der Waals surface area contributed by atoms with Crippen LogP contribution in [0.3, 0.4) is 0 Å². The number of nitrogens with one attached hydrogen (secondary N) is 1. The van der Waals surface area contributed by atoms with E-state index in [2.05, 4.69) is 5.32 Å². The number of nitrogens with zero attached hydrogens (tertiary/aromatic N) is 1. The second-order valence-electron chi connectivity index (χ2n) is 5.52. The molecule has 2 heterocycles. The third-order valence-electron chi connectivity index (χ3n) is 4.15. The second-order valence-corrected chi connectivity index (χ2v) is 5.52. The van der Waals surface area contributed by atoms with E-state index < -0.39 is 11.9 Å². The summed E-state index contributed by atoms with van der Waals surface area (Å²) < 4.78 is 0. The predicted molar refractivity (Wildman–Crippen MR) is 74.5 cm³/mol. The zero-order chi connectivity index (χ0) is 14.1. The molecular weight excluding hydrogens is 256 g/mol. The van der Waals surface area contributed by atoms with Gasteiger partial charge in [-0.15, -0.1) is 0 Å². The lowest BCUT2D eigenvalue weighted by Gasteiger charge is -2.32. The number of hydrogen-bond donors (Lipinski definition) is 2. The molecule has 3 rings (SSSR count). The number of piperidine rings is 1. The van der Waals surface area contributed by atoms with Crippen molar-refractivity contribution in [2.24, 2.45) is 5.92 Å². The summed E-state index contributed by atoms with van der Waals surface area (Å²) in [5.74, 6) is -1.20. The molecule has 106 valence electrons. The first-order valence-electron chi connectivity index (χ1n) is 7.01. The number of aliphatic carboxylic acids is 1. The van der Waals surface area contributed by atoms with Crippen LogP contribution in [0.5, 0.6) is 0 Å². The van der Waals surface area contributed by atoms with Crippen LogP contribution in [-0.2, 0) is 16.0 Å². The van der Waals surface area contributed by atoms with Crippen molar-refractivity contribution in [2.75, 3.05) is 18.4 Å². The third-order valence-corrected chi connectivity index (χ3v) is 4.15. The molecule has 1 unspecified atom stereocenters. The fourth-order valence-corrected chi connectivity index (χ4v) is 3.05. The molecule has 1 saturated heterocycles. The molecule has 20 heavy (non-hydrogen) atoms. The predicted octanol–water partition coefficient (Wildman–Crippen LogP) is 1.35. The minimum absolute atomic E-state index is 0.0205. The topological polar surface area (TPSA) is 69.6 Å². The van der Waals surface area contributed by atoms with Crippen molar-refractivity contribution < 1.29 is 14.7 Å². The van der Waals surface area contributed by atoms with Crippen LogP contribution in [0.2, 0.25) is 0 Å². The molecule has 5 nitrogen and oxygen atoms in total. The van der Waals surface area contributed by atoms with Crippen molar-refractivity contribution in [1.29, 1.82) is 0 Å². The van der Waals surface area contributed by atoms with Gasteiger partial charge in [-0.3, -0.25) is 9.59 Å². The van der Waals surface area contributed by atoms with E-state index in [0.717, 1.165) is 17.7 Å². The first kappa shape index (κ1) is 13.0. The molecule has 0 saturated carbocycles. The number of para-hydroxylation sites is 1. The zero-order valence-corrected chi connectivity index (χ0v) is 11.2. The van der Waals surface area contributed by atoms with E-state index in [-0.39, 0.29) is 11.9 Å². The van der Waals surface area contributed by atoms with Gasteiger partial charge < -0.3 is 15.3 Å². The summed E-state index contributed by atoms with van der Waals surface area (Å²) in [5.41, 5.74) is 2.16. The minimum atomic E-state index is -0.801. The Morgan fingerprint density at radius 2 is 2.10 bits per heavy atom. The van der Waals surface area contributed by atoms with Gasteiger partial charge in [-0.2, -0.15) is 0 Å². The minimum Gasteiger partial charge on any atom is -0.481 e. The number of benzene rings is 1. The molecule has 1 aromatic rings. The van der Waals surface area contributed by atoms with Gasteiger partial charge in [-0.25, -0.2) is 0 Å². The number of likely N-dealkylation sites (tertiary alicyclic amines) is 1. The summed E-state index contributed by atoms with van der Waals surface area (Å²) in [6, 6.07) is 7.65. The smallest absolute Gasteiger partial charge is 0.308 e. The van der Waals surface area contributed by atoms with Gasteiger partial charge in [-0.05, 0) is 24.5 Å². The first-order valence-corrected chi connectivity index (χ1v) is 7.01. The highest BCUT2D eigenvalue weighted by Gasteiger charge is 2.34. The van der Waals surface area contributed by atoms with Crippen LogP contribution in [-0.4, -0.2) is 41.0 Å². The molecule has 0 radical (unpaired) electrons. The number of carboxylic acids is 1. The van der Waals surface area contributed by atoms with Crippen LogP contribution in [0, 0.1) is 5.92 Å². The normalized spacial score (nSPS) is 24.9. The zero-order valence-electron chi connectivity index (χ0n) is 11.2. The number of amides is 1. The Labute approximate surface area is 117 Å². The van der Waals surface area contributed by atoms with Gasteiger partial charge in [0.05, 0.1) is 5.92 Å². The second kappa shape index (κ2) is 5.15. The standard InChI is InChI=1S/C15H18N2O3/c18-14(17-7-3-5-11(9-17)15(19)20)13-8-10-4-1-2-6-12(10)16-13/h1-2,4,6,11,13,16H,3,5,7-9H2,(H,19,20)/t11?,13-/m0/s1. The van der Waals surface area contributed by atoms with Gasteiger partial charge in [-0.1, -0.05) is 18.2 Å². The SMILES string of the molecule is O=C(O)C1CCCN(C(=O)[C@@H]2Cc3ccccc3N2)C1. The molecule has 0 aliphatic carbocycles. The van der Waals surface area contributed by atoms with E-state index in [1.165, 1.54) is 0 Å². The van der Waals surface area contributed by atoms with E-state index in [1.807, 2.05) is 24.3 Å². The highest BCUT2D eigenvalue weighted by atomic mass is 16.4. The van der Waals surface area contributed by atoms with Crippen LogP contribution < -0.4 is 5.32 Å². The van der Waals surface area contributed by atoms with E-state index in [1.54, 1.807) is 4.90 Å². The Balaban J connectivity index is 1.67. The van der Waals surface area contributed by atoms with E-state index in [0.29, 0.717) is 25.9 Å². The Hall–Kier alpha value is -2.04. The summed E-state index contributed by atoms with van der Waals surface area (Å²) in [6.07, 6.45) is 2.11. The summed E-state index contributed by atoms with van der Waals surface area (Å²) in [5, 5.41) is 12.3. The van der Waals surface area contributed by atoms with Crippen molar-refractivity contribution in [1.82, 2.24) is 4.90 Å². The van der Waals surface area contributed by atoms with E-state index in [9.17, 15) is 9.59 Å². The van der Waals surface area contributed by atoms with Crippen LogP contribution in [0.4, 0.5) is 5.69 Å². The summed E-state index contributed by atoms with van der Waals surface area (Å²) in [6.45, 7) is 1.000. The van der Waals surface area contributed by atoms with E-state index >= 15 is 0 Å². The van der Waals surface area contributed by atoms with Crippen molar-refractivity contribution in [3.63, 3.8) is 0 Å². The van der Waals surface area contributed by atoms with Crippen LogP contribution in [0.1, 0.15) is 18.4 Å². The highest BCUT2D eigenvalue weighted by molar-refractivity contribution is 5.88. The van der Waals surface area contributed by atoms with Gasteiger partial charge in [0.2, 0.25) is 5.91 Å². The molecule has 1 aromatic carbocycles. The molecule has 0 aromatic heterocycles. The lowest BCUT2D eigenvalue weighted by Crippen LogP contribution is -2.48.